The van der Waals surface area contributed by atoms with Gasteiger partial charge in [0.1, 0.15) is 0 Å². The van der Waals surface area contributed by atoms with E-state index in [2.05, 4.69) is 5.32 Å². The Morgan fingerprint density at radius 3 is 2.37 bits per heavy atom. The summed E-state index contributed by atoms with van der Waals surface area (Å²) in [6.45, 7) is 1.28. The molecule has 2 fully saturated rings. The number of hydrogen-bond donors (Lipinski definition) is 2. The first kappa shape index (κ1) is 18.8. The molecule has 9 heteroatoms. The minimum atomic E-state index is -0.747. The van der Waals surface area contributed by atoms with Gasteiger partial charge in [0.2, 0.25) is 5.91 Å². The van der Waals surface area contributed by atoms with Gasteiger partial charge < -0.3 is 15.3 Å². The molecule has 1 aliphatic heterocycles. The van der Waals surface area contributed by atoms with Gasteiger partial charge in [0.05, 0.1) is 10.8 Å². The number of nitrogens with zero attached hydrogens (tertiary/aromatic N) is 2. The van der Waals surface area contributed by atoms with E-state index in [1.807, 2.05) is 0 Å². The molecule has 9 nitrogen and oxygen atoms in total. The van der Waals surface area contributed by atoms with Crippen molar-refractivity contribution in [3.8, 4) is 0 Å². The molecule has 1 aromatic carbocycles. The third-order valence-corrected chi connectivity index (χ3v) is 5.56. The summed E-state index contributed by atoms with van der Waals surface area (Å²) in [4.78, 5) is 47.1. The van der Waals surface area contributed by atoms with E-state index < -0.39 is 16.8 Å². The maximum Gasteiger partial charge on any atom is 0.307 e. The molecule has 0 radical (unpaired) electrons. The molecule has 144 valence electrons. The van der Waals surface area contributed by atoms with Crippen LogP contribution in [0.15, 0.2) is 24.3 Å². The number of piperidine rings is 1. The van der Waals surface area contributed by atoms with E-state index >= 15 is 0 Å². The molecule has 1 heterocycles. The van der Waals surface area contributed by atoms with Crippen molar-refractivity contribution in [3.63, 3.8) is 0 Å². The smallest absolute Gasteiger partial charge is 0.307 e. The summed E-state index contributed by atoms with van der Waals surface area (Å²) in [5, 5.41) is 22.3. The lowest BCUT2D eigenvalue weighted by Crippen LogP contribution is -2.41. The Kier molecular flexibility index (Phi) is 5.11. The molecule has 2 aliphatic rings. The van der Waals surface area contributed by atoms with E-state index in [9.17, 15) is 24.5 Å². The van der Waals surface area contributed by atoms with Gasteiger partial charge in [-0.3, -0.25) is 24.5 Å². The highest BCUT2D eigenvalue weighted by atomic mass is 16.6. The Morgan fingerprint density at radius 2 is 1.85 bits per heavy atom. The van der Waals surface area contributed by atoms with Gasteiger partial charge >= 0.3 is 5.97 Å². The molecule has 1 unspecified atom stereocenters. The van der Waals surface area contributed by atoms with E-state index in [4.69, 9.17) is 5.11 Å². The fourth-order valence-corrected chi connectivity index (χ4v) is 3.73. The van der Waals surface area contributed by atoms with Crippen LogP contribution >= 0.6 is 0 Å². The number of likely N-dealkylation sites (tertiary alicyclic amines) is 1. The number of carboxylic acids is 1. The lowest BCUT2D eigenvalue weighted by atomic mass is 9.90. The first-order valence-electron chi connectivity index (χ1n) is 8.86. The third kappa shape index (κ3) is 4.07. The van der Waals surface area contributed by atoms with E-state index in [1.165, 1.54) is 24.3 Å². The van der Waals surface area contributed by atoms with Gasteiger partial charge in [0.15, 0.2) is 0 Å². The molecule has 1 saturated carbocycles. The van der Waals surface area contributed by atoms with Gasteiger partial charge in [-0.15, -0.1) is 0 Å². The standard InChI is InChI=1S/C18H21N3O6/c22-15(20-9-6-18(7-10-20)11-14(18)17(24)25)5-8-19-16(23)12-1-3-13(4-2-12)21(26)27/h1-4,14H,5-11H2,(H,19,23)(H,24,25). The Labute approximate surface area is 155 Å². The van der Waals surface area contributed by atoms with Crippen LogP contribution in [0, 0.1) is 21.4 Å². The van der Waals surface area contributed by atoms with Crippen LogP contribution in [-0.2, 0) is 9.59 Å². The second-order valence-corrected chi connectivity index (χ2v) is 7.15. The van der Waals surface area contributed by atoms with Crippen LogP contribution in [0.1, 0.15) is 36.0 Å². The number of carboxylic acid groups (broad SMARTS) is 1. The SMILES string of the molecule is O=C(NCCC(=O)N1CCC2(CC1)CC2C(=O)O)c1ccc([N+](=O)[O-])cc1. The number of carbonyl (C=O) groups is 3. The Balaban J connectivity index is 1.40. The zero-order chi connectivity index (χ0) is 19.6. The zero-order valence-electron chi connectivity index (χ0n) is 14.7. The van der Waals surface area contributed by atoms with Crippen LogP contribution in [-0.4, -0.2) is 52.3 Å². The number of nitro benzene ring substituents is 1. The summed E-state index contributed by atoms with van der Waals surface area (Å²) in [7, 11) is 0. The molecule has 27 heavy (non-hydrogen) atoms. The van der Waals surface area contributed by atoms with Crippen molar-refractivity contribution in [2.45, 2.75) is 25.7 Å². The van der Waals surface area contributed by atoms with Crippen molar-refractivity contribution >= 4 is 23.5 Å². The van der Waals surface area contributed by atoms with Gasteiger partial charge in [-0.25, -0.2) is 0 Å². The highest BCUT2D eigenvalue weighted by Crippen LogP contribution is 2.59. The normalized spacial score (nSPS) is 20.1. The quantitative estimate of drug-likeness (QED) is 0.571. The molecular formula is C18H21N3O6. The summed E-state index contributed by atoms with van der Waals surface area (Å²) < 4.78 is 0. The van der Waals surface area contributed by atoms with Crippen LogP contribution in [0.3, 0.4) is 0 Å². The van der Waals surface area contributed by atoms with Crippen molar-refractivity contribution < 1.29 is 24.4 Å². The average molecular weight is 375 g/mol. The second-order valence-electron chi connectivity index (χ2n) is 7.15. The number of nitrogens with one attached hydrogen (secondary N) is 1. The lowest BCUT2D eigenvalue weighted by Gasteiger charge is -2.32. The summed E-state index contributed by atoms with van der Waals surface area (Å²) in [6.07, 6.45) is 2.29. The van der Waals surface area contributed by atoms with Gasteiger partial charge in [-0.2, -0.15) is 0 Å². The Hall–Kier alpha value is -2.97. The van der Waals surface area contributed by atoms with Crippen LogP contribution in [0.2, 0.25) is 0 Å². The highest BCUT2D eigenvalue weighted by molar-refractivity contribution is 5.94. The number of carbonyl (C=O) groups excluding carboxylic acids is 2. The Morgan fingerprint density at radius 1 is 1.22 bits per heavy atom. The van der Waals surface area contributed by atoms with E-state index in [-0.39, 0.29) is 35.9 Å². The van der Waals surface area contributed by atoms with Crippen molar-refractivity contribution in [3.05, 3.63) is 39.9 Å². The molecule has 3 rings (SSSR count). The fourth-order valence-electron chi connectivity index (χ4n) is 3.73. The summed E-state index contributed by atoms with van der Waals surface area (Å²) >= 11 is 0. The first-order chi connectivity index (χ1) is 12.8. The largest absolute Gasteiger partial charge is 0.481 e. The van der Waals surface area contributed by atoms with Gasteiger partial charge in [-0.1, -0.05) is 0 Å². The van der Waals surface area contributed by atoms with Crippen LogP contribution in [0.4, 0.5) is 5.69 Å². The van der Waals surface area contributed by atoms with Gasteiger partial charge in [0.25, 0.3) is 11.6 Å². The molecular weight excluding hydrogens is 354 g/mol. The molecule has 1 spiro atoms. The second kappa shape index (κ2) is 7.34. The maximum absolute atomic E-state index is 12.3. The van der Waals surface area contributed by atoms with Crippen LogP contribution in [0.5, 0.6) is 0 Å². The predicted octanol–water partition coefficient (Wildman–Crippen LogP) is 1.43. The van der Waals surface area contributed by atoms with Gasteiger partial charge in [0, 0.05) is 43.8 Å². The topological polar surface area (TPSA) is 130 Å². The molecule has 1 aliphatic carbocycles. The molecule has 1 aromatic rings. The van der Waals surface area contributed by atoms with Crippen molar-refractivity contribution in [1.29, 1.82) is 0 Å². The fraction of sp³-hybridized carbons (Fsp3) is 0.500. The highest BCUT2D eigenvalue weighted by Gasteiger charge is 2.59. The number of amides is 2. The number of benzene rings is 1. The van der Waals surface area contributed by atoms with Gasteiger partial charge in [-0.05, 0) is 36.8 Å². The number of hydrogen-bond acceptors (Lipinski definition) is 5. The first-order valence-corrected chi connectivity index (χ1v) is 8.86. The molecule has 2 amide bonds. The maximum atomic E-state index is 12.3. The average Bonchev–Trinajstić information content (AvgIpc) is 3.36. The van der Waals surface area contributed by atoms with E-state index in [0.717, 1.165) is 0 Å². The number of aliphatic carboxylic acids is 1. The third-order valence-electron chi connectivity index (χ3n) is 5.56. The molecule has 0 aromatic heterocycles. The minimum absolute atomic E-state index is 0.0682. The number of nitro groups is 1. The van der Waals surface area contributed by atoms with Crippen molar-refractivity contribution in [1.82, 2.24) is 10.2 Å². The number of rotatable bonds is 6. The van der Waals surface area contributed by atoms with Crippen molar-refractivity contribution in [2.75, 3.05) is 19.6 Å². The van der Waals surface area contributed by atoms with E-state index in [1.54, 1.807) is 4.90 Å². The monoisotopic (exact) mass is 375 g/mol. The zero-order valence-corrected chi connectivity index (χ0v) is 14.7. The molecule has 0 bridgehead atoms. The van der Waals surface area contributed by atoms with E-state index in [0.29, 0.717) is 37.9 Å². The summed E-state index contributed by atoms with van der Waals surface area (Å²) in [5.41, 5.74) is 0.0824. The number of non-ortho nitro benzene ring substituents is 1. The Bertz CT molecular complexity index is 768. The molecule has 1 atom stereocenters. The minimum Gasteiger partial charge on any atom is -0.481 e. The van der Waals surface area contributed by atoms with Crippen LogP contribution in [0.25, 0.3) is 0 Å². The predicted molar refractivity (Wildman–Crippen MR) is 94.0 cm³/mol. The molecule has 2 N–H and O–H groups in total. The lowest BCUT2D eigenvalue weighted by molar-refractivity contribution is -0.384. The summed E-state index contributed by atoms with van der Waals surface area (Å²) in [5.74, 6) is -1.47. The molecule has 1 saturated heterocycles. The van der Waals surface area contributed by atoms with Crippen LogP contribution < -0.4 is 5.32 Å². The summed E-state index contributed by atoms with van der Waals surface area (Å²) in [6, 6.07) is 5.25. The van der Waals surface area contributed by atoms with Crippen molar-refractivity contribution in [2.24, 2.45) is 11.3 Å².